The summed E-state index contributed by atoms with van der Waals surface area (Å²) in [5, 5.41) is 9.11. The minimum Gasteiger partial charge on any atom is -0.391 e. The van der Waals surface area contributed by atoms with Gasteiger partial charge >= 0.3 is 0 Å². The fraction of sp³-hybridized carbons (Fsp3) is 0.300. The molecule has 0 spiro atoms. The van der Waals surface area contributed by atoms with Crippen LogP contribution in [0.25, 0.3) is 0 Å². The van der Waals surface area contributed by atoms with Crippen molar-refractivity contribution in [2.45, 2.75) is 19.1 Å². The predicted octanol–water partition coefficient (Wildman–Crippen LogP) is 0.577. The van der Waals surface area contributed by atoms with E-state index < -0.39 is 12.1 Å². The smallest absolute Gasteiger partial charge is 0.182 e. The van der Waals surface area contributed by atoms with Gasteiger partial charge in [0.25, 0.3) is 0 Å². The lowest BCUT2D eigenvalue weighted by Crippen LogP contribution is -2.40. The molecular formula is C10H13NO2. The molecule has 0 fully saturated rings. The monoisotopic (exact) mass is 179 g/mol. The molecule has 3 N–H and O–H groups in total. The van der Waals surface area contributed by atoms with Crippen molar-refractivity contribution >= 4 is 5.78 Å². The van der Waals surface area contributed by atoms with Gasteiger partial charge < -0.3 is 10.8 Å². The van der Waals surface area contributed by atoms with Gasteiger partial charge in [0.2, 0.25) is 0 Å². The molecule has 0 aliphatic carbocycles. The fourth-order valence-corrected chi connectivity index (χ4v) is 1.01. The molecule has 13 heavy (non-hydrogen) atoms. The highest BCUT2D eigenvalue weighted by Gasteiger charge is 2.19. The molecular weight excluding hydrogens is 166 g/mol. The number of nitrogens with two attached hydrogens (primary N) is 1. The quantitative estimate of drug-likeness (QED) is 0.667. The molecule has 0 saturated carbocycles. The summed E-state index contributed by atoms with van der Waals surface area (Å²) in [5.74, 6) is -0.226. The van der Waals surface area contributed by atoms with Gasteiger partial charge in [-0.2, -0.15) is 0 Å². The van der Waals surface area contributed by atoms with Crippen LogP contribution in [0.15, 0.2) is 30.3 Å². The maximum absolute atomic E-state index is 11.5. The van der Waals surface area contributed by atoms with E-state index in [9.17, 15) is 4.79 Å². The predicted molar refractivity (Wildman–Crippen MR) is 50.4 cm³/mol. The van der Waals surface area contributed by atoms with Crippen LogP contribution in [0.4, 0.5) is 0 Å². The maximum atomic E-state index is 11.5. The minimum atomic E-state index is -0.831. The first-order valence-corrected chi connectivity index (χ1v) is 4.16. The van der Waals surface area contributed by atoms with Crippen molar-refractivity contribution in [2.75, 3.05) is 0 Å². The molecule has 3 heteroatoms. The number of rotatable bonds is 3. The molecule has 0 unspecified atom stereocenters. The zero-order chi connectivity index (χ0) is 9.84. The summed E-state index contributed by atoms with van der Waals surface area (Å²) >= 11 is 0. The fourth-order valence-electron chi connectivity index (χ4n) is 1.01. The summed E-state index contributed by atoms with van der Waals surface area (Å²) in [5.41, 5.74) is 6.03. The second-order valence-corrected chi connectivity index (χ2v) is 3.00. The van der Waals surface area contributed by atoms with Crippen molar-refractivity contribution < 1.29 is 9.90 Å². The van der Waals surface area contributed by atoms with Crippen LogP contribution in [0, 0.1) is 0 Å². The van der Waals surface area contributed by atoms with Crippen LogP contribution in [0.3, 0.4) is 0 Å². The molecule has 1 aromatic rings. The first-order chi connectivity index (χ1) is 6.13. The summed E-state index contributed by atoms with van der Waals surface area (Å²) in [7, 11) is 0. The Morgan fingerprint density at radius 3 is 2.38 bits per heavy atom. The molecule has 0 aromatic heterocycles. The number of hydrogen-bond acceptors (Lipinski definition) is 3. The zero-order valence-electron chi connectivity index (χ0n) is 7.47. The lowest BCUT2D eigenvalue weighted by atomic mass is 10.0. The van der Waals surface area contributed by atoms with Crippen LogP contribution >= 0.6 is 0 Å². The first kappa shape index (κ1) is 9.89. The molecule has 3 nitrogen and oxygen atoms in total. The van der Waals surface area contributed by atoms with E-state index >= 15 is 0 Å². The van der Waals surface area contributed by atoms with Crippen LogP contribution in [0.2, 0.25) is 0 Å². The highest BCUT2D eigenvalue weighted by molar-refractivity contribution is 6.00. The molecule has 70 valence electrons. The minimum absolute atomic E-state index is 0.226. The standard InChI is InChI=1S/C10H13NO2/c1-7(12)9(11)10(13)8-5-3-2-4-6-8/h2-7,9,12H,11H2,1H3/t7-,9+/m0/s1. The van der Waals surface area contributed by atoms with Gasteiger partial charge in [0.05, 0.1) is 12.1 Å². The number of ketones is 1. The molecule has 1 aromatic carbocycles. The Morgan fingerprint density at radius 1 is 1.38 bits per heavy atom. The highest BCUT2D eigenvalue weighted by atomic mass is 16.3. The van der Waals surface area contributed by atoms with Gasteiger partial charge in [-0.05, 0) is 6.92 Å². The van der Waals surface area contributed by atoms with Crippen LogP contribution in [0.5, 0.6) is 0 Å². The van der Waals surface area contributed by atoms with Crippen LogP contribution < -0.4 is 5.73 Å². The Bertz CT molecular complexity index is 282. The third kappa shape index (κ3) is 2.37. The summed E-state index contributed by atoms with van der Waals surface area (Å²) in [6, 6.07) is 7.89. The van der Waals surface area contributed by atoms with E-state index in [0.29, 0.717) is 5.56 Å². The highest BCUT2D eigenvalue weighted by Crippen LogP contribution is 2.04. The number of carbonyl (C=O) groups excluding carboxylic acids is 1. The van der Waals surface area contributed by atoms with Gasteiger partial charge in [-0.25, -0.2) is 0 Å². The van der Waals surface area contributed by atoms with Gasteiger partial charge in [0.15, 0.2) is 5.78 Å². The van der Waals surface area contributed by atoms with Crippen molar-refractivity contribution in [1.29, 1.82) is 0 Å². The third-order valence-electron chi connectivity index (χ3n) is 1.88. The Balaban J connectivity index is 2.80. The molecule has 0 amide bonds. The number of carbonyl (C=O) groups is 1. The van der Waals surface area contributed by atoms with Crippen LogP contribution in [-0.2, 0) is 0 Å². The van der Waals surface area contributed by atoms with E-state index in [1.165, 1.54) is 6.92 Å². The summed E-state index contributed by atoms with van der Waals surface area (Å²) in [4.78, 5) is 11.5. The van der Waals surface area contributed by atoms with Gasteiger partial charge in [0.1, 0.15) is 0 Å². The molecule has 0 aliphatic heterocycles. The van der Waals surface area contributed by atoms with E-state index in [4.69, 9.17) is 10.8 Å². The molecule has 1 rings (SSSR count). The Hall–Kier alpha value is -1.19. The van der Waals surface area contributed by atoms with Crippen molar-refractivity contribution in [3.63, 3.8) is 0 Å². The van der Waals surface area contributed by atoms with Crippen molar-refractivity contribution in [1.82, 2.24) is 0 Å². The number of aliphatic hydroxyl groups excluding tert-OH is 1. The Labute approximate surface area is 77.2 Å². The molecule has 2 atom stereocenters. The van der Waals surface area contributed by atoms with E-state index in [-0.39, 0.29) is 5.78 Å². The zero-order valence-corrected chi connectivity index (χ0v) is 7.47. The Morgan fingerprint density at radius 2 is 1.92 bits per heavy atom. The van der Waals surface area contributed by atoms with E-state index in [1.807, 2.05) is 6.07 Å². The van der Waals surface area contributed by atoms with Gasteiger partial charge in [-0.3, -0.25) is 4.79 Å². The average molecular weight is 179 g/mol. The average Bonchev–Trinajstić information content (AvgIpc) is 2.17. The van der Waals surface area contributed by atoms with Crippen LogP contribution in [0.1, 0.15) is 17.3 Å². The van der Waals surface area contributed by atoms with Crippen molar-refractivity contribution in [3.8, 4) is 0 Å². The van der Waals surface area contributed by atoms with Gasteiger partial charge in [-0.1, -0.05) is 30.3 Å². The van der Waals surface area contributed by atoms with Crippen molar-refractivity contribution in [2.24, 2.45) is 5.73 Å². The number of Topliss-reactive ketones (excluding diaryl/α,β-unsaturated/α-hetero) is 1. The van der Waals surface area contributed by atoms with Crippen LogP contribution in [-0.4, -0.2) is 23.0 Å². The lowest BCUT2D eigenvalue weighted by Gasteiger charge is -2.12. The molecule has 0 saturated heterocycles. The topological polar surface area (TPSA) is 63.3 Å². The normalized spacial score (nSPS) is 15.0. The molecule has 0 aliphatic rings. The second kappa shape index (κ2) is 4.16. The van der Waals surface area contributed by atoms with Gasteiger partial charge in [0, 0.05) is 5.56 Å². The first-order valence-electron chi connectivity index (χ1n) is 4.16. The largest absolute Gasteiger partial charge is 0.391 e. The summed E-state index contributed by atoms with van der Waals surface area (Å²) in [6.45, 7) is 1.51. The van der Waals surface area contributed by atoms with Gasteiger partial charge in [-0.15, -0.1) is 0 Å². The van der Waals surface area contributed by atoms with E-state index in [1.54, 1.807) is 24.3 Å². The Kier molecular flexibility index (Phi) is 3.17. The van der Waals surface area contributed by atoms with E-state index in [0.717, 1.165) is 0 Å². The van der Waals surface area contributed by atoms with Crippen molar-refractivity contribution in [3.05, 3.63) is 35.9 Å². The summed E-state index contributed by atoms with van der Waals surface area (Å²) in [6.07, 6.45) is -0.812. The number of benzene rings is 1. The maximum Gasteiger partial charge on any atom is 0.182 e. The second-order valence-electron chi connectivity index (χ2n) is 3.00. The molecule has 0 radical (unpaired) electrons. The third-order valence-corrected chi connectivity index (χ3v) is 1.88. The summed E-state index contributed by atoms with van der Waals surface area (Å²) < 4.78 is 0. The number of aliphatic hydroxyl groups is 1. The lowest BCUT2D eigenvalue weighted by molar-refractivity contribution is 0.0847. The molecule has 0 heterocycles. The number of hydrogen-bond donors (Lipinski definition) is 2. The SMILES string of the molecule is C[C@H](O)[C@@H](N)C(=O)c1ccccc1. The van der Waals surface area contributed by atoms with E-state index in [2.05, 4.69) is 0 Å². The molecule has 0 bridgehead atoms.